The van der Waals surface area contributed by atoms with Crippen molar-refractivity contribution in [2.45, 2.75) is 57.5 Å². The van der Waals surface area contributed by atoms with Gasteiger partial charge in [-0.2, -0.15) is 0 Å². The molecule has 6 heteroatoms. The van der Waals surface area contributed by atoms with E-state index >= 15 is 0 Å². The van der Waals surface area contributed by atoms with E-state index in [4.69, 9.17) is 0 Å². The summed E-state index contributed by atoms with van der Waals surface area (Å²) in [5.74, 6) is -0.204. The third-order valence-corrected chi connectivity index (χ3v) is 4.54. The van der Waals surface area contributed by atoms with Gasteiger partial charge in [-0.15, -0.1) is 0 Å². The van der Waals surface area contributed by atoms with E-state index in [0.29, 0.717) is 5.69 Å². The third kappa shape index (κ3) is 3.75. The maximum atomic E-state index is 12.6. The van der Waals surface area contributed by atoms with Gasteiger partial charge < -0.3 is 5.32 Å². The van der Waals surface area contributed by atoms with Crippen molar-refractivity contribution in [1.29, 1.82) is 0 Å². The normalized spacial score (nSPS) is 22.4. The summed E-state index contributed by atoms with van der Waals surface area (Å²) in [5.41, 5.74) is 3.57. The molecule has 24 heavy (non-hydrogen) atoms. The number of para-hydroxylation sites is 1. The lowest BCUT2D eigenvalue weighted by Gasteiger charge is -2.31. The number of benzene rings is 1. The van der Waals surface area contributed by atoms with E-state index < -0.39 is 6.04 Å². The molecule has 2 N–H and O–H groups in total. The van der Waals surface area contributed by atoms with Crippen molar-refractivity contribution >= 4 is 23.3 Å². The highest BCUT2D eigenvalue weighted by Crippen LogP contribution is 2.18. The Balaban J connectivity index is 1.71. The van der Waals surface area contributed by atoms with Gasteiger partial charge in [0.25, 0.3) is 11.8 Å². The fourth-order valence-electron chi connectivity index (χ4n) is 3.18. The molecule has 2 amide bonds. The van der Waals surface area contributed by atoms with Crippen LogP contribution in [0.2, 0.25) is 0 Å². The van der Waals surface area contributed by atoms with Gasteiger partial charge in [-0.05, 0) is 31.9 Å². The van der Waals surface area contributed by atoms with Crippen LogP contribution in [0.5, 0.6) is 0 Å². The molecule has 1 heterocycles. The van der Waals surface area contributed by atoms with Gasteiger partial charge in [0, 0.05) is 6.04 Å². The van der Waals surface area contributed by atoms with Crippen LogP contribution in [-0.2, 0) is 9.59 Å². The van der Waals surface area contributed by atoms with Crippen LogP contribution < -0.4 is 15.8 Å². The lowest BCUT2D eigenvalue weighted by atomic mass is 10.1. The second-order valence-electron chi connectivity index (χ2n) is 6.44. The molecule has 1 aliphatic heterocycles. The number of hydrogen-bond donors (Lipinski definition) is 2. The first-order valence-corrected chi connectivity index (χ1v) is 8.69. The SMILES string of the molecule is CC1N=C(C(=O)NC2CCCCCC2)NN(c2ccccc2)C1=O. The van der Waals surface area contributed by atoms with E-state index in [-0.39, 0.29) is 23.7 Å². The standard InChI is InChI=1S/C18H24N4O2/c1-13-18(24)22(15-11-7-4-8-12-15)21-16(19-13)17(23)20-14-9-5-2-3-6-10-14/h4,7-8,11-14H,2-3,5-6,9-10H2,1H3,(H,19,21)(H,20,23). The average Bonchev–Trinajstić information content (AvgIpc) is 2.86. The Morgan fingerprint density at radius 2 is 1.83 bits per heavy atom. The van der Waals surface area contributed by atoms with Gasteiger partial charge in [-0.1, -0.05) is 43.9 Å². The topological polar surface area (TPSA) is 73.8 Å². The number of aliphatic imine (C=N–C) groups is 1. The largest absolute Gasteiger partial charge is 0.347 e. The Labute approximate surface area is 142 Å². The molecule has 1 aliphatic carbocycles. The van der Waals surface area contributed by atoms with Crippen LogP contribution in [0.1, 0.15) is 45.4 Å². The molecule has 1 fully saturated rings. The number of rotatable bonds is 3. The van der Waals surface area contributed by atoms with Crippen molar-refractivity contribution in [3.8, 4) is 0 Å². The summed E-state index contributed by atoms with van der Waals surface area (Å²) in [6.45, 7) is 1.71. The number of nitrogens with zero attached hydrogens (tertiary/aromatic N) is 2. The fraction of sp³-hybridized carbons (Fsp3) is 0.500. The van der Waals surface area contributed by atoms with Crippen molar-refractivity contribution in [3.63, 3.8) is 0 Å². The van der Waals surface area contributed by atoms with Gasteiger partial charge in [0.05, 0.1) is 5.69 Å². The van der Waals surface area contributed by atoms with Crippen molar-refractivity contribution in [1.82, 2.24) is 10.7 Å². The summed E-state index contributed by atoms with van der Waals surface area (Å²) in [7, 11) is 0. The van der Waals surface area contributed by atoms with Crippen molar-refractivity contribution in [2.24, 2.45) is 4.99 Å². The molecule has 0 bridgehead atoms. The molecule has 0 saturated heterocycles. The molecule has 3 rings (SSSR count). The molecule has 128 valence electrons. The van der Waals surface area contributed by atoms with Crippen molar-refractivity contribution in [2.75, 3.05) is 5.01 Å². The van der Waals surface area contributed by atoms with Crippen LogP contribution in [-0.4, -0.2) is 29.7 Å². The number of nitrogens with one attached hydrogen (secondary N) is 2. The number of amides is 2. The minimum atomic E-state index is -0.582. The first kappa shape index (κ1) is 16.5. The summed E-state index contributed by atoms with van der Waals surface area (Å²) in [4.78, 5) is 29.1. The highest BCUT2D eigenvalue weighted by Gasteiger charge is 2.31. The van der Waals surface area contributed by atoms with Crippen molar-refractivity contribution in [3.05, 3.63) is 30.3 Å². The van der Waals surface area contributed by atoms with E-state index in [2.05, 4.69) is 15.7 Å². The minimum Gasteiger partial charge on any atom is -0.347 e. The quantitative estimate of drug-likeness (QED) is 0.835. The molecule has 0 radical (unpaired) electrons. The molecule has 1 aromatic carbocycles. The predicted molar refractivity (Wildman–Crippen MR) is 93.6 cm³/mol. The monoisotopic (exact) mass is 328 g/mol. The van der Waals surface area contributed by atoms with Gasteiger partial charge in [-0.25, -0.2) is 10.0 Å². The maximum absolute atomic E-state index is 12.6. The Morgan fingerprint density at radius 1 is 1.17 bits per heavy atom. The lowest BCUT2D eigenvalue weighted by Crippen LogP contribution is -2.58. The number of hydrazine groups is 1. The summed E-state index contributed by atoms with van der Waals surface area (Å²) < 4.78 is 0. The zero-order valence-electron chi connectivity index (χ0n) is 14.0. The summed E-state index contributed by atoms with van der Waals surface area (Å²) in [5, 5.41) is 4.47. The van der Waals surface area contributed by atoms with Gasteiger partial charge in [0.2, 0.25) is 5.84 Å². The molecule has 0 spiro atoms. The highest BCUT2D eigenvalue weighted by atomic mass is 16.2. The fourth-order valence-corrected chi connectivity index (χ4v) is 3.18. The lowest BCUT2D eigenvalue weighted by molar-refractivity contribution is -0.120. The minimum absolute atomic E-state index is 0.174. The average molecular weight is 328 g/mol. The number of amidine groups is 1. The third-order valence-electron chi connectivity index (χ3n) is 4.54. The summed E-state index contributed by atoms with van der Waals surface area (Å²) >= 11 is 0. The second kappa shape index (κ2) is 7.47. The van der Waals surface area contributed by atoms with E-state index in [1.165, 1.54) is 17.9 Å². The first-order valence-electron chi connectivity index (χ1n) is 8.69. The Kier molecular flexibility index (Phi) is 5.13. The number of carbonyl (C=O) groups is 2. The molecule has 1 unspecified atom stereocenters. The van der Waals surface area contributed by atoms with Crippen LogP contribution >= 0.6 is 0 Å². The van der Waals surface area contributed by atoms with Crippen LogP contribution in [0, 0.1) is 0 Å². The van der Waals surface area contributed by atoms with Crippen LogP contribution in [0.15, 0.2) is 35.3 Å². The van der Waals surface area contributed by atoms with Gasteiger partial charge in [-0.3, -0.25) is 15.0 Å². The Hall–Kier alpha value is -2.37. The first-order chi connectivity index (χ1) is 11.6. The Bertz CT molecular complexity index is 621. The van der Waals surface area contributed by atoms with E-state index in [1.807, 2.05) is 30.3 Å². The summed E-state index contributed by atoms with van der Waals surface area (Å²) in [6, 6.07) is 8.85. The van der Waals surface area contributed by atoms with Crippen LogP contribution in [0.3, 0.4) is 0 Å². The highest BCUT2D eigenvalue weighted by molar-refractivity contribution is 6.39. The zero-order valence-corrected chi connectivity index (χ0v) is 14.0. The van der Waals surface area contributed by atoms with E-state index in [0.717, 1.165) is 25.7 Å². The molecule has 6 nitrogen and oxygen atoms in total. The number of anilines is 1. The molecule has 1 aromatic rings. The summed E-state index contributed by atoms with van der Waals surface area (Å²) in [6.07, 6.45) is 6.79. The van der Waals surface area contributed by atoms with Gasteiger partial charge >= 0.3 is 0 Å². The number of hydrogen-bond acceptors (Lipinski definition) is 4. The van der Waals surface area contributed by atoms with E-state index in [1.54, 1.807) is 6.92 Å². The molecule has 2 aliphatic rings. The van der Waals surface area contributed by atoms with Crippen LogP contribution in [0.4, 0.5) is 5.69 Å². The predicted octanol–water partition coefficient (Wildman–Crippen LogP) is 2.16. The maximum Gasteiger partial charge on any atom is 0.288 e. The molecule has 0 aromatic heterocycles. The van der Waals surface area contributed by atoms with Gasteiger partial charge in [0.1, 0.15) is 6.04 Å². The number of carbonyl (C=O) groups excluding carboxylic acids is 2. The van der Waals surface area contributed by atoms with Gasteiger partial charge in [0.15, 0.2) is 0 Å². The Morgan fingerprint density at radius 3 is 2.50 bits per heavy atom. The van der Waals surface area contributed by atoms with Crippen molar-refractivity contribution < 1.29 is 9.59 Å². The smallest absolute Gasteiger partial charge is 0.288 e. The molecular formula is C18H24N4O2. The molecule has 1 saturated carbocycles. The van der Waals surface area contributed by atoms with Crippen LogP contribution in [0.25, 0.3) is 0 Å². The molecule has 1 atom stereocenters. The second-order valence-corrected chi connectivity index (χ2v) is 6.44. The van der Waals surface area contributed by atoms with E-state index in [9.17, 15) is 9.59 Å². The zero-order chi connectivity index (χ0) is 16.9. The molecular weight excluding hydrogens is 304 g/mol.